The number of rotatable bonds is 9. The summed E-state index contributed by atoms with van der Waals surface area (Å²) in [4.78, 5) is 11.3. The Labute approximate surface area is 205 Å². The summed E-state index contributed by atoms with van der Waals surface area (Å²) >= 11 is 0. The second kappa shape index (κ2) is 11.8. The summed E-state index contributed by atoms with van der Waals surface area (Å²) in [5.41, 5.74) is 3.09. The van der Waals surface area contributed by atoms with Gasteiger partial charge in [0.15, 0.2) is 11.5 Å². The molecule has 5 nitrogen and oxygen atoms in total. The number of hydrogen-bond donors (Lipinski definition) is 2. The topological polar surface area (TPSA) is 67.8 Å². The van der Waals surface area contributed by atoms with Gasteiger partial charge in [-0.3, -0.25) is 4.79 Å². The zero-order valence-electron chi connectivity index (χ0n) is 20.0. The molecule has 0 aromatic heterocycles. The van der Waals surface area contributed by atoms with Crippen molar-refractivity contribution in [2.24, 2.45) is 0 Å². The van der Waals surface area contributed by atoms with Gasteiger partial charge in [0.25, 0.3) is 0 Å². The maximum absolute atomic E-state index is 14.0. The van der Waals surface area contributed by atoms with E-state index in [1.54, 1.807) is 18.2 Å². The number of halogens is 1. The number of ether oxygens (including phenoxy) is 2. The van der Waals surface area contributed by atoms with Gasteiger partial charge < -0.3 is 19.9 Å². The second-order valence-corrected chi connectivity index (χ2v) is 9.00. The van der Waals surface area contributed by atoms with Crippen LogP contribution in [0.2, 0.25) is 0 Å². The van der Waals surface area contributed by atoms with Gasteiger partial charge in [0.05, 0.1) is 18.8 Å². The van der Waals surface area contributed by atoms with Gasteiger partial charge in [-0.25, -0.2) is 4.39 Å². The first kappa shape index (κ1) is 24.7. The smallest absolute Gasteiger partial charge is 0.216 e. The highest BCUT2D eigenvalue weighted by Crippen LogP contribution is 2.41. The Balaban J connectivity index is 1.43. The SMILES string of the molecule is CC(=O)NCCc1ccc(OC2CCC(OCc3ccccc3)CC2)c(O)c1-c1cccc(F)c1. The third-order valence-corrected chi connectivity index (χ3v) is 6.35. The summed E-state index contributed by atoms with van der Waals surface area (Å²) in [6.45, 7) is 2.49. The monoisotopic (exact) mass is 477 g/mol. The first-order valence-corrected chi connectivity index (χ1v) is 12.2. The Kier molecular flexibility index (Phi) is 8.37. The Morgan fingerprint density at radius 3 is 2.46 bits per heavy atom. The lowest BCUT2D eigenvalue weighted by Gasteiger charge is -2.29. The maximum atomic E-state index is 14.0. The van der Waals surface area contributed by atoms with Crippen LogP contribution in [0.5, 0.6) is 11.5 Å². The Morgan fingerprint density at radius 1 is 1.00 bits per heavy atom. The van der Waals surface area contributed by atoms with E-state index in [2.05, 4.69) is 17.4 Å². The highest BCUT2D eigenvalue weighted by Gasteiger charge is 2.25. The molecular formula is C29H32FNO4. The summed E-state index contributed by atoms with van der Waals surface area (Å²) in [6.07, 6.45) is 4.12. The first-order valence-electron chi connectivity index (χ1n) is 12.2. The lowest BCUT2D eigenvalue weighted by Crippen LogP contribution is -2.28. The number of carbonyl (C=O) groups is 1. The molecule has 1 fully saturated rings. The molecular weight excluding hydrogens is 445 g/mol. The minimum Gasteiger partial charge on any atom is -0.504 e. The minimum atomic E-state index is -0.380. The molecule has 1 saturated carbocycles. The molecule has 0 saturated heterocycles. The van der Waals surface area contributed by atoms with E-state index in [1.165, 1.54) is 24.6 Å². The van der Waals surface area contributed by atoms with Crippen molar-refractivity contribution in [1.82, 2.24) is 5.32 Å². The van der Waals surface area contributed by atoms with Crippen LogP contribution in [0.3, 0.4) is 0 Å². The fourth-order valence-corrected chi connectivity index (χ4v) is 4.54. The van der Waals surface area contributed by atoms with Crippen LogP contribution in [0.1, 0.15) is 43.7 Å². The number of hydrogen-bond acceptors (Lipinski definition) is 4. The molecule has 1 amide bonds. The van der Waals surface area contributed by atoms with E-state index in [1.807, 2.05) is 24.3 Å². The quantitative estimate of drug-likeness (QED) is 0.410. The third-order valence-electron chi connectivity index (χ3n) is 6.35. The van der Waals surface area contributed by atoms with Gasteiger partial charge >= 0.3 is 0 Å². The van der Waals surface area contributed by atoms with E-state index >= 15 is 0 Å². The van der Waals surface area contributed by atoms with Gasteiger partial charge in [-0.2, -0.15) is 0 Å². The summed E-state index contributed by atoms with van der Waals surface area (Å²) < 4.78 is 26.3. The van der Waals surface area contributed by atoms with Crippen molar-refractivity contribution in [3.8, 4) is 22.6 Å². The molecule has 1 aliphatic carbocycles. The van der Waals surface area contributed by atoms with Gasteiger partial charge in [-0.1, -0.05) is 48.5 Å². The van der Waals surface area contributed by atoms with Crippen LogP contribution in [0, 0.1) is 5.82 Å². The fourth-order valence-electron chi connectivity index (χ4n) is 4.54. The standard InChI is InChI=1S/C29H32FNO4/c1-20(32)31-17-16-22-10-15-27(29(33)28(22)23-8-5-9-24(30)18-23)35-26-13-11-25(12-14-26)34-19-21-6-3-2-4-7-21/h2-10,15,18,25-26,33H,11-14,16-17,19H2,1H3,(H,31,32). The summed E-state index contributed by atoms with van der Waals surface area (Å²) in [5, 5.41) is 13.9. The highest BCUT2D eigenvalue weighted by molar-refractivity contribution is 5.77. The summed E-state index contributed by atoms with van der Waals surface area (Å²) in [6, 6.07) is 19.9. The number of aromatic hydroxyl groups is 1. The molecule has 35 heavy (non-hydrogen) atoms. The molecule has 6 heteroatoms. The molecule has 2 N–H and O–H groups in total. The van der Waals surface area contributed by atoms with Crippen molar-refractivity contribution in [1.29, 1.82) is 0 Å². The molecule has 0 unspecified atom stereocenters. The molecule has 3 aromatic carbocycles. The summed E-state index contributed by atoms with van der Waals surface area (Å²) in [5.74, 6) is -0.112. The number of carbonyl (C=O) groups excluding carboxylic acids is 1. The van der Waals surface area contributed by atoms with Crippen molar-refractivity contribution < 1.29 is 23.8 Å². The van der Waals surface area contributed by atoms with Gasteiger partial charge in [-0.15, -0.1) is 0 Å². The average molecular weight is 478 g/mol. The van der Waals surface area contributed by atoms with Gasteiger partial charge in [0.1, 0.15) is 5.82 Å². The van der Waals surface area contributed by atoms with Crippen LogP contribution in [0.4, 0.5) is 4.39 Å². The van der Waals surface area contributed by atoms with E-state index in [4.69, 9.17) is 9.47 Å². The lowest BCUT2D eigenvalue weighted by atomic mass is 9.94. The third kappa shape index (κ3) is 6.83. The molecule has 184 valence electrons. The summed E-state index contributed by atoms with van der Waals surface area (Å²) in [7, 11) is 0. The van der Waals surface area contributed by atoms with E-state index in [-0.39, 0.29) is 29.7 Å². The highest BCUT2D eigenvalue weighted by atomic mass is 19.1. The van der Waals surface area contributed by atoms with Gasteiger partial charge in [0, 0.05) is 19.0 Å². The van der Waals surface area contributed by atoms with Crippen LogP contribution >= 0.6 is 0 Å². The molecule has 0 atom stereocenters. The Morgan fingerprint density at radius 2 is 1.74 bits per heavy atom. The molecule has 0 bridgehead atoms. The average Bonchev–Trinajstić information content (AvgIpc) is 2.86. The Hall–Kier alpha value is -3.38. The largest absolute Gasteiger partial charge is 0.504 e. The normalized spacial score (nSPS) is 17.7. The molecule has 4 rings (SSSR count). The van der Waals surface area contributed by atoms with Crippen LogP contribution in [0.25, 0.3) is 11.1 Å². The van der Waals surface area contributed by atoms with Crippen molar-refractivity contribution >= 4 is 5.91 Å². The predicted octanol–water partition coefficient (Wildman–Crippen LogP) is 5.78. The van der Waals surface area contributed by atoms with E-state index in [9.17, 15) is 14.3 Å². The molecule has 0 spiro atoms. The van der Waals surface area contributed by atoms with Crippen LogP contribution in [-0.4, -0.2) is 29.8 Å². The van der Waals surface area contributed by atoms with E-state index in [0.717, 1.165) is 31.2 Å². The Bertz CT molecular complexity index is 1130. The van der Waals surface area contributed by atoms with Crippen LogP contribution in [-0.2, 0) is 22.6 Å². The number of nitrogens with one attached hydrogen (secondary N) is 1. The molecule has 0 heterocycles. The zero-order valence-corrected chi connectivity index (χ0v) is 20.0. The maximum Gasteiger partial charge on any atom is 0.216 e. The van der Waals surface area contributed by atoms with Crippen molar-refractivity contribution in [3.63, 3.8) is 0 Å². The molecule has 0 aliphatic heterocycles. The van der Waals surface area contributed by atoms with E-state index in [0.29, 0.717) is 36.4 Å². The first-order chi connectivity index (χ1) is 17.0. The van der Waals surface area contributed by atoms with Crippen LogP contribution in [0.15, 0.2) is 66.7 Å². The van der Waals surface area contributed by atoms with Gasteiger partial charge in [0.2, 0.25) is 5.91 Å². The number of phenolic OH excluding ortho intramolecular Hbond substituents is 1. The predicted molar refractivity (Wildman–Crippen MR) is 134 cm³/mol. The van der Waals surface area contributed by atoms with Crippen molar-refractivity contribution in [2.75, 3.05) is 6.54 Å². The molecule has 3 aromatic rings. The number of amides is 1. The minimum absolute atomic E-state index is 0.00150. The number of phenols is 1. The molecule has 1 aliphatic rings. The molecule has 0 radical (unpaired) electrons. The van der Waals surface area contributed by atoms with Crippen molar-refractivity contribution in [2.45, 2.75) is 57.8 Å². The number of benzene rings is 3. The second-order valence-electron chi connectivity index (χ2n) is 9.00. The van der Waals surface area contributed by atoms with E-state index < -0.39 is 0 Å². The van der Waals surface area contributed by atoms with Crippen molar-refractivity contribution in [3.05, 3.63) is 83.7 Å². The van der Waals surface area contributed by atoms with Gasteiger partial charge in [-0.05, 0) is 67.0 Å². The van der Waals surface area contributed by atoms with Crippen LogP contribution < -0.4 is 10.1 Å². The zero-order chi connectivity index (χ0) is 24.6. The fraction of sp³-hybridized carbons (Fsp3) is 0.345. The lowest BCUT2D eigenvalue weighted by molar-refractivity contribution is -0.118.